The van der Waals surface area contributed by atoms with Crippen molar-refractivity contribution in [1.29, 1.82) is 5.26 Å². The number of hydrogen-bond donors (Lipinski definition) is 4. The van der Waals surface area contributed by atoms with Crippen LogP contribution < -0.4 is 10.0 Å². The van der Waals surface area contributed by atoms with Gasteiger partial charge in [0.15, 0.2) is 4.91 Å². The number of rotatable bonds is 11. The number of nitrogens with one attached hydrogen (secondary N) is 2. The topological polar surface area (TPSA) is 140 Å². The van der Waals surface area contributed by atoms with Crippen LogP contribution in [0.2, 0.25) is 0 Å². The predicted octanol–water partition coefficient (Wildman–Crippen LogP) is 2.12. The quantitative estimate of drug-likeness (QED) is 0.265. The molecular formula is C28H35N5O5S. The van der Waals surface area contributed by atoms with Crippen LogP contribution in [-0.2, 0) is 21.8 Å². The number of nitrogens with zero attached hydrogens (tertiary/aromatic N) is 3. The Bertz CT molecular complexity index is 1490. The van der Waals surface area contributed by atoms with E-state index in [1.165, 1.54) is 0 Å². The Morgan fingerprint density at radius 2 is 1.85 bits per heavy atom. The highest BCUT2D eigenvalue weighted by molar-refractivity contribution is 7.93. The molecule has 0 aliphatic carbocycles. The summed E-state index contributed by atoms with van der Waals surface area (Å²) >= 11 is 0. The molecular weight excluding hydrogens is 518 g/mol. The fraction of sp³-hybridized carbons (Fsp3) is 0.393. The molecule has 4 rings (SSSR count). The molecule has 39 heavy (non-hydrogen) atoms. The molecule has 1 atom stereocenters. The molecule has 0 saturated carbocycles. The van der Waals surface area contributed by atoms with E-state index in [0.29, 0.717) is 5.69 Å². The summed E-state index contributed by atoms with van der Waals surface area (Å²) < 4.78 is 34.8. The van der Waals surface area contributed by atoms with Crippen LogP contribution >= 0.6 is 0 Å². The minimum atomic E-state index is -4.17. The lowest BCUT2D eigenvalue weighted by atomic mass is 10.0. The number of benzene rings is 2. The van der Waals surface area contributed by atoms with Gasteiger partial charge in [-0.3, -0.25) is 4.90 Å². The molecule has 0 amide bonds. The molecule has 0 spiro atoms. The van der Waals surface area contributed by atoms with E-state index in [1.807, 2.05) is 23.7 Å². The number of nitriles is 1. The molecule has 1 aliphatic heterocycles. The molecule has 4 N–H and O–H groups in total. The van der Waals surface area contributed by atoms with E-state index in [2.05, 4.69) is 45.3 Å². The first-order valence-electron chi connectivity index (χ1n) is 12.9. The second kappa shape index (κ2) is 12.7. The summed E-state index contributed by atoms with van der Waals surface area (Å²) in [5, 5.41) is 33.8. The van der Waals surface area contributed by atoms with Gasteiger partial charge in [-0.2, -0.15) is 5.26 Å². The maximum Gasteiger partial charge on any atom is 0.251 e. The number of aromatic nitrogens is 1. The first-order valence-corrected chi connectivity index (χ1v) is 14.4. The Balaban J connectivity index is 1.52. The first kappa shape index (κ1) is 28.8. The predicted molar refractivity (Wildman–Crippen MR) is 152 cm³/mol. The van der Waals surface area contributed by atoms with Gasteiger partial charge in [-0.05, 0) is 53.6 Å². The van der Waals surface area contributed by atoms with Crippen LogP contribution in [0.1, 0.15) is 12.6 Å². The number of morpholine rings is 1. The minimum absolute atomic E-state index is 0.283. The highest BCUT2D eigenvalue weighted by atomic mass is 32.2. The molecule has 1 aliphatic rings. The van der Waals surface area contributed by atoms with E-state index in [1.54, 1.807) is 19.1 Å². The number of aliphatic hydroxyl groups is 2. The van der Waals surface area contributed by atoms with Gasteiger partial charge in [-0.25, -0.2) is 13.1 Å². The smallest absolute Gasteiger partial charge is 0.251 e. The third kappa shape index (κ3) is 6.86. The van der Waals surface area contributed by atoms with Crippen LogP contribution in [0, 0.1) is 11.3 Å². The van der Waals surface area contributed by atoms with E-state index in [9.17, 15) is 18.8 Å². The normalized spacial score (nSPS) is 16.1. The third-order valence-corrected chi connectivity index (χ3v) is 8.42. The average Bonchev–Trinajstić information content (AvgIpc) is 3.33. The van der Waals surface area contributed by atoms with Crippen molar-refractivity contribution in [3.05, 3.63) is 59.1 Å². The maximum atomic E-state index is 12.7. The molecule has 3 aromatic rings. The zero-order valence-electron chi connectivity index (χ0n) is 22.2. The third-order valence-electron chi connectivity index (χ3n) is 6.93. The Morgan fingerprint density at radius 3 is 2.56 bits per heavy atom. The Morgan fingerprint density at radius 1 is 1.13 bits per heavy atom. The summed E-state index contributed by atoms with van der Waals surface area (Å²) in [6.45, 7) is 5.96. The standard InChI is InChI=1S/C28H35N5O5S/c1-20(28(17-29)39(36,37)31-18-25(35)19-34)26-7-8-27(32(26)2)23-4-3-22-16-24(6-5-21(22)15-23)30-9-10-33-11-13-38-14-12-33/h3-8,15-16,25,30-31,34-35H,9-14,18-19H2,1-2H3/b28-20+. The van der Waals surface area contributed by atoms with Crippen molar-refractivity contribution in [3.8, 4) is 17.3 Å². The monoisotopic (exact) mass is 553 g/mol. The first-order chi connectivity index (χ1) is 18.7. The number of ether oxygens (including phenoxy) is 1. The van der Waals surface area contributed by atoms with Crippen LogP contribution in [0.25, 0.3) is 27.6 Å². The molecule has 1 fully saturated rings. The Labute approximate surface area is 229 Å². The summed E-state index contributed by atoms with van der Waals surface area (Å²) in [7, 11) is -2.35. The van der Waals surface area contributed by atoms with Crippen molar-refractivity contribution in [1.82, 2.24) is 14.2 Å². The minimum Gasteiger partial charge on any atom is -0.394 e. The van der Waals surface area contributed by atoms with Gasteiger partial charge in [0.05, 0.1) is 25.9 Å². The number of anilines is 1. The largest absolute Gasteiger partial charge is 0.394 e. The molecule has 208 valence electrons. The zero-order valence-corrected chi connectivity index (χ0v) is 23.0. The summed E-state index contributed by atoms with van der Waals surface area (Å²) in [5.41, 5.74) is 3.76. The lowest BCUT2D eigenvalue weighted by molar-refractivity contribution is 0.0398. The summed E-state index contributed by atoms with van der Waals surface area (Å²) in [6.07, 6.45) is -1.25. The molecule has 0 bridgehead atoms. The molecule has 1 saturated heterocycles. The summed E-state index contributed by atoms with van der Waals surface area (Å²) in [4.78, 5) is 1.95. The zero-order chi connectivity index (χ0) is 28.0. The van der Waals surface area contributed by atoms with E-state index in [-0.39, 0.29) is 5.57 Å². The van der Waals surface area contributed by atoms with Gasteiger partial charge in [0.2, 0.25) is 0 Å². The molecule has 1 aromatic heterocycles. The van der Waals surface area contributed by atoms with Gasteiger partial charge in [0.1, 0.15) is 6.07 Å². The van der Waals surface area contributed by atoms with Gasteiger partial charge in [-0.15, -0.1) is 0 Å². The fourth-order valence-electron chi connectivity index (χ4n) is 4.68. The Hall–Kier alpha value is -3.24. The number of aliphatic hydroxyl groups excluding tert-OH is 2. The van der Waals surface area contributed by atoms with Crippen molar-refractivity contribution in [3.63, 3.8) is 0 Å². The van der Waals surface area contributed by atoms with Crippen LogP contribution in [0.3, 0.4) is 0 Å². The van der Waals surface area contributed by atoms with Crippen molar-refractivity contribution in [2.45, 2.75) is 13.0 Å². The lowest BCUT2D eigenvalue weighted by Gasteiger charge is -2.26. The van der Waals surface area contributed by atoms with Crippen LogP contribution in [-0.4, -0.2) is 86.7 Å². The number of fused-ring (bicyclic) bond motifs is 1. The summed E-state index contributed by atoms with van der Waals surface area (Å²) in [5.74, 6) is 0. The van der Waals surface area contributed by atoms with Gasteiger partial charge in [0.25, 0.3) is 10.0 Å². The number of sulfonamides is 1. The van der Waals surface area contributed by atoms with Crippen LogP contribution in [0.15, 0.2) is 53.4 Å². The SMILES string of the molecule is C/C(=C(/C#N)S(=O)(=O)NCC(O)CO)c1ccc(-c2ccc3cc(NCCN4CCOCC4)ccc3c2)n1C. The van der Waals surface area contributed by atoms with E-state index < -0.39 is 34.2 Å². The van der Waals surface area contributed by atoms with Crippen LogP contribution in [0.4, 0.5) is 5.69 Å². The van der Waals surface area contributed by atoms with Crippen molar-refractivity contribution in [2.75, 3.05) is 57.9 Å². The molecule has 11 heteroatoms. The molecule has 1 unspecified atom stereocenters. The van der Waals surface area contributed by atoms with Gasteiger partial charge in [-0.1, -0.05) is 18.2 Å². The summed E-state index contributed by atoms with van der Waals surface area (Å²) in [6, 6.07) is 17.9. The van der Waals surface area contributed by atoms with E-state index in [0.717, 1.165) is 67.1 Å². The van der Waals surface area contributed by atoms with Gasteiger partial charge >= 0.3 is 0 Å². The lowest BCUT2D eigenvalue weighted by Crippen LogP contribution is -2.38. The molecule has 10 nitrogen and oxygen atoms in total. The van der Waals surface area contributed by atoms with E-state index >= 15 is 0 Å². The Kier molecular flexibility index (Phi) is 9.40. The van der Waals surface area contributed by atoms with Crippen molar-refractivity contribution < 1.29 is 23.4 Å². The highest BCUT2D eigenvalue weighted by Gasteiger charge is 2.23. The molecule has 0 radical (unpaired) electrons. The van der Waals surface area contributed by atoms with Gasteiger partial charge < -0.3 is 24.8 Å². The second-order valence-corrected chi connectivity index (χ2v) is 11.3. The second-order valence-electron chi connectivity index (χ2n) is 9.57. The number of allylic oxidation sites excluding steroid dienone is 2. The molecule has 2 aromatic carbocycles. The number of hydrogen-bond acceptors (Lipinski definition) is 8. The van der Waals surface area contributed by atoms with Gasteiger partial charge in [0, 0.05) is 62.4 Å². The average molecular weight is 554 g/mol. The molecule has 2 heterocycles. The van der Waals surface area contributed by atoms with Crippen LogP contribution in [0.5, 0.6) is 0 Å². The van der Waals surface area contributed by atoms with Crippen molar-refractivity contribution >= 4 is 32.1 Å². The highest BCUT2D eigenvalue weighted by Crippen LogP contribution is 2.30. The fourth-order valence-corrected chi connectivity index (χ4v) is 5.86. The van der Waals surface area contributed by atoms with Crippen molar-refractivity contribution in [2.24, 2.45) is 7.05 Å². The maximum absolute atomic E-state index is 12.7. The van der Waals surface area contributed by atoms with E-state index in [4.69, 9.17) is 9.84 Å².